The predicted molar refractivity (Wildman–Crippen MR) is 72.2 cm³/mol. The normalized spacial score (nSPS) is 12.2. The Balaban J connectivity index is 2.80. The molecular weight excluding hydrogens is 303 g/mol. The van der Waals surface area contributed by atoms with Crippen molar-refractivity contribution >= 4 is 17.7 Å². The molecule has 0 fully saturated rings. The van der Waals surface area contributed by atoms with E-state index in [1.807, 2.05) is 0 Å². The fourth-order valence-corrected chi connectivity index (χ4v) is 1.48. The van der Waals surface area contributed by atoms with Crippen LogP contribution in [0.1, 0.15) is 12.5 Å². The van der Waals surface area contributed by atoms with E-state index in [-0.39, 0.29) is 11.3 Å². The molecule has 1 N–H and O–H groups in total. The molecule has 1 rings (SSSR count). The third-order valence-corrected chi connectivity index (χ3v) is 2.52. The molecule has 1 aromatic carbocycles. The fourth-order valence-electron chi connectivity index (χ4n) is 1.48. The van der Waals surface area contributed by atoms with Gasteiger partial charge in [0.25, 0.3) is 0 Å². The molecular formula is C14H14F3NO4. The van der Waals surface area contributed by atoms with Crippen molar-refractivity contribution < 1.29 is 32.2 Å². The number of halogens is 3. The molecule has 1 unspecified atom stereocenters. The van der Waals surface area contributed by atoms with Gasteiger partial charge in [0.2, 0.25) is 6.10 Å². The molecule has 0 aliphatic rings. The molecule has 0 bridgehead atoms. The number of hydrogen-bond acceptors (Lipinski definition) is 4. The van der Waals surface area contributed by atoms with E-state index < -0.39 is 29.9 Å². The van der Waals surface area contributed by atoms with Gasteiger partial charge in [-0.15, -0.1) is 0 Å². The van der Waals surface area contributed by atoms with Crippen molar-refractivity contribution in [1.29, 1.82) is 0 Å². The summed E-state index contributed by atoms with van der Waals surface area (Å²) in [4.78, 5) is 23.0. The first kappa shape index (κ1) is 17.5. The maximum Gasteiger partial charge on any atom is 0.416 e. The van der Waals surface area contributed by atoms with E-state index in [2.05, 4.69) is 16.6 Å². The average molecular weight is 317 g/mol. The van der Waals surface area contributed by atoms with Crippen molar-refractivity contribution in [2.45, 2.75) is 19.2 Å². The van der Waals surface area contributed by atoms with Gasteiger partial charge in [-0.1, -0.05) is 12.6 Å². The zero-order valence-corrected chi connectivity index (χ0v) is 11.9. The number of esters is 1. The third kappa shape index (κ3) is 4.80. The first-order chi connectivity index (χ1) is 10.1. The number of alkyl halides is 3. The molecule has 0 aliphatic carbocycles. The number of nitrogens with one attached hydrogen (secondary N) is 1. The van der Waals surface area contributed by atoms with Crippen molar-refractivity contribution in [3.63, 3.8) is 0 Å². The van der Waals surface area contributed by atoms with Crippen LogP contribution in [0.2, 0.25) is 0 Å². The predicted octanol–water partition coefficient (Wildman–Crippen LogP) is 3.37. The van der Waals surface area contributed by atoms with E-state index in [4.69, 9.17) is 4.74 Å². The molecule has 1 aromatic rings. The van der Waals surface area contributed by atoms with Gasteiger partial charge in [-0.3, -0.25) is 5.32 Å². The van der Waals surface area contributed by atoms with Gasteiger partial charge in [0.05, 0.1) is 12.7 Å². The zero-order valence-electron chi connectivity index (χ0n) is 11.9. The smallest absolute Gasteiger partial charge is 0.416 e. The van der Waals surface area contributed by atoms with Crippen LogP contribution in [-0.2, 0) is 20.4 Å². The van der Waals surface area contributed by atoms with Crippen molar-refractivity contribution in [3.8, 4) is 0 Å². The number of benzene rings is 1. The Bertz CT molecular complexity index is 584. The van der Waals surface area contributed by atoms with Crippen molar-refractivity contribution in [3.05, 3.63) is 42.0 Å². The number of anilines is 1. The molecule has 1 amide bonds. The van der Waals surface area contributed by atoms with E-state index in [9.17, 15) is 22.8 Å². The molecule has 0 heterocycles. The summed E-state index contributed by atoms with van der Waals surface area (Å²) in [5, 5.41) is 2.11. The first-order valence-corrected chi connectivity index (χ1v) is 6.03. The lowest BCUT2D eigenvalue weighted by Gasteiger charge is -2.16. The minimum Gasteiger partial charge on any atom is -0.466 e. The second-order valence-electron chi connectivity index (χ2n) is 4.36. The van der Waals surface area contributed by atoms with Gasteiger partial charge in [0.1, 0.15) is 0 Å². The van der Waals surface area contributed by atoms with Crippen LogP contribution < -0.4 is 5.32 Å². The number of carbonyl (C=O) groups excluding carboxylic acids is 2. The van der Waals surface area contributed by atoms with Crippen LogP contribution in [-0.4, -0.2) is 25.3 Å². The summed E-state index contributed by atoms with van der Waals surface area (Å²) in [6.45, 7) is 4.92. The lowest BCUT2D eigenvalue weighted by Crippen LogP contribution is -2.31. The molecule has 0 spiro atoms. The molecule has 1 atom stereocenters. The number of amides is 1. The van der Waals surface area contributed by atoms with Gasteiger partial charge in [-0.05, 0) is 30.7 Å². The highest BCUT2D eigenvalue weighted by molar-refractivity contribution is 5.88. The van der Waals surface area contributed by atoms with E-state index >= 15 is 0 Å². The summed E-state index contributed by atoms with van der Waals surface area (Å²) >= 11 is 0. The molecule has 120 valence electrons. The van der Waals surface area contributed by atoms with Crippen molar-refractivity contribution in [1.82, 2.24) is 0 Å². The molecule has 0 saturated heterocycles. The summed E-state index contributed by atoms with van der Waals surface area (Å²) in [6.07, 6.45) is -6.97. The highest BCUT2D eigenvalue weighted by atomic mass is 19.4. The van der Waals surface area contributed by atoms with Crippen LogP contribution in [0.5, 0.6) is 0 Å². The monoisotopic (exact) mass is 317 g/mol. The quantitative estimate of drug-likeness (QED) is 0.683. The Morgan fingerprint density at radius 2 is 1.95 bits per heavy atom. The van der Waals surface area contributed by atoms with Crippen LogP contribution in [0.25, 0.3) is 0 Å². The van der Waals surface area contributed by atoms with Crippen LogP contribution in [0, 0.1) is 0 Å². The van der Waals surface area contributed by atoms with Gasteiger partial charge in [-0.2, -0.15) is 13.2 Å². The maximum atomic E-state index is 12.6. The first-order valence-electron chi connectivity index (χ1n) is 6.03. The molecule has 0 aliphatic heterocycles. The second kappa shape index (κ2) is 6.97. The summed E-state index contributed by atoms with van der Waals surface area (Å²) in [6, 6.07) is 4.00. The van der Waals surface area contributed by atoms with E-state index in [1.165, 1.54) is 13.0 Å². The second-order valence-corrected chi connectivity index (χ2v) is 4.36. The number of rotatable bonds is 4. The summed E-state index contributed by atoms with van der Waals surface area (Å²) < 4.78 is 46.9. The topological polar surface area (TPSA) is 64.6 Å². The minimum atomic E-state index is -4.53. The standard InChI is InChI=1S/C14H14F3NO4/c1-8(2)11(12(19)21-3)22-13(20)18-10-6-4-5-9(7-10)14(15,16)17/h4-7,11H,1H2,2-3H3,(H,18,20). The van der Waals surface area contributed by atoms with E-state index in [0.717, 1.165) is 25.3 Å². The molecule has 0 radical (unpaired) electrons. The molecule has 0 aromatic heterocycles. The van der Waals surface area contributed by atoms with Crippen LogP contribution in [0.3, 0.4) is 0 Å². The maximum absolute atomic E-state index is 12.6. The van der Waals surface area contributed by atoms with Crippen LogP contribution in [0.15, 0.2) is 36.4 Å². The number of ether oxygens (including phenoxy) is 2. The van der Waals surface area contributed by atoms with Gasteiger partial charge in [0, 0.05) is 5.69 Å². The molecule has 22 heavy (non-hydrogen) atoms. The lowest BCUT2D eigenvalue weighted by atomic mass is 10.2. The van der Waals surface area contributed by atoms with Gasteiger partial charge >= 0.3 is 18.2 Å². The van der Waals surface area contributed by atoms with Crippen molar-refractivity contribution in [2.75, 3.05) is 12.4 Å². The van der Waals surface area contributed by atoms with E-state index in [1.54, 1.807) is 0 Å². The molecule has 8 heteroatoms. The Hall–Kier alpha value is -2.51. The Morgan fingerprint density at radius 1 is 1.32 bits per heavy atom. The molecule has 5 nitrogen and oxygen atoms in total. The number of methoxy groups -OCH3 is 1. The SMILES string of the molecule is C=C(C)C(OC(=O)Nc1cccc(C(F)(F)F)c1)C(=O)OC. The van der Waals surface area contributed by atoms with Gasteiger partial charge < -0.3 is 9.47 Å². The highest BCUT2D eigenvalue weighted by Crippen LogP contribution is 2.30. The van der Waals surface area contributed by atoms with Crippen molar-refractivity contribution in [2.24, 2.45) is 0 Å². The largest absolute Gasteiger partial charge is 0.466 e. The zero-order chi connectivity index (χ0) is 16.9. The average Bonchev–Trinajstić information content (AvgIpc) is 2.43. The Morgan fingerprint density at radius 3 is 2.45 bits per heavy atom. The van der Waals surface area contributed by atoms with Gasteiger partial charge in [0.15, 0.2) is 0 Å². The minimum absolute atomic E-state index is 0.120. The summed E-state index contributed by atoms with van der Waals surface area (Å²) in [5.41, 5.74) is -0.828. The number of hydrogen-bond donors (Lipinski definition) is 1. The Kier molecular flexibility index (Phi) is 5.56. The Labute approximate surface area is 124 Å². The summed E-state index contributed by atoms with van der Waals surface area (Å²) in [7, 11) is 1.10. The van der Waals surface area contributed by atoms with Gasteiger partial charge in [-0.25, -0.2) is 9.59 Å². The molecule has 0 saturated carbocycles. The van der Waals surface area contributed by atoms with E-state index in [0.29, 0.717) is 0 Å². The fraction of sp³-hybridized carbons (Fsp3) is 0.286. The highest BCUT2D eigenvalue weighted by Gasteiger charge is 2.30. The number of carbonyl (C=O) groups is 2. The van der Waals surface area contributed by atoms with Crippen LogP contribution in [0.4, 0.5) is 23.7 Å². The van der Waals surface area contributed by atoms with Crippen LogP contribution >= 0.6 is 0 Å². The lowest BCUT2D eigenvalue weighted by molar-refractivity contribution is -0.148. The third-order valence-electron chi connectivity index (χ3n) is 2.52. The summed E-state index contributed by atoms with van der Waals surface area (Å²) in [5.74, 6) is -0.841.